The van der Waals surface area contributed by atoms with Crippen molar-refractivity contribution >= 4 is 52.8 Å². The zero-order valence-corrected chi connectivity index (χ0v) is 65.0. The first-order valence-corrected chi connectivity index (χ1v) is 38.4. The molecule has 42 heteroatoms. The highest BCUT2D eigenvalue weighted by molar-refractivity contribution is 6.31. The summed E-state index contributed by atoms with van der Waals surface area (Å²) in [5.74, 6) is -7.81. The Morgan fingerprint density at radius 2 is 1.26 bits per heavy atom. The lowest BCUT2D eigenvalue weighted by Crippen LogP contribution is -2.61. The molecule has 0 saturated carbocycles. The molecule has 1 unspecified atom stereocenters. The number of phenolic OH excluding ortho intramolecular Hbond substituents is 2. The predicted octanol–water partition coefficient (Wildman–Crippen LogP) is -0.709. The van der Waals surface area contributed by atoms with Crippen molar-refractivity contribution in [1.82, 2.24) is 30.5 Å². The Morgan fingerprint density at radius 3 is 1.83 bits per heavy atom. The summed E-state index contributed by atoms with van der Waals surface area (Å²) < 4.78 is 91.3. The summed E-state index contributed by atoms with van der Waals surface area (Å²) in [5, 5.41) is 125. The van der Waals surface area contributed by atoms with E-state index in [4.69, 9.17) is 75.8 Å². The van der Waals surface area contributed by atoms with Crippen molar-refractivity contribution in [3.63, 3.8) is 0 Å². The standard InChI is InChI=1S/C76H101N7O35/c1-44-64(89)49(39-59(114-44)115-54-41-76(100,55(85)43-84)40-48-61(54)68(93)63-62(66(48)91)65(90)47-7-6-8-52(103-2)60(47)67(63)92)78-75(99)117-53(45-10-11-51(50(37-45)83(101)102)116-74-71(96)69(94)70(95)72(118-74)73(97)98)38-46-42-81(80-79-46)16-18-105-20-22-107-24-26-109-28-30-111-32-34-113-36-35-112-33-31-110-29-27-108-25-23-106-21-19-104-17-14-77-56(86)9-4-3-5-15-82-57(87)12-13-58(82)88/h6-8,10-13,37,42,44,49,53-54,59,64,69-72,74,84,89,91,93-96,100H,3-5,9,14-36,38-41,43H2,1-2H3,(H,77,86)(H,78,99)(H,97,98)/t44-,49-,53?,54-,59-,64+,69+,70+,71-,72+,74-,76-/m0/s1. The highest BCUT2D eigenvalue weighted by Gasteiger charge is 2.52. The maximum Gasteiger partial charge on any atom is 0.408 e. The van der Waals surface area contributed by atoms with Crippen LogP contribution in [0, 0.1) is 10.1 Å². The van der Waals surface area contributed by atoms with E-state index in [9.17, 15) is 94.4 Å². The first kappa shape index (κ1) is 92.6. The van der Waals surface area contributed by atoms with Gasteiger partial charge in [0.05, 0.1) is 191 Å². The second kappa shape index (κ2) is 46.3. The number of nitrogens with zero attached hydrogens (tertiary/aromatic N) is 5. The van der Waals surface area contributed by atoms with E-state index in [0.29, 0.717) is 138 Å². The van der Waals surface area contributed by atoms with Crippen LogP contribution in [0.3, 0.4) is 0 Å². The monoisotopic (exact) mass is 1670 g/mol. The number of nitro benzene ring substituents is 1. The molecule has 118 heavy (non-hydrogen) atoms. The lowest BCUT2D eigenvalue weighted by atomic mass is 9.72. The summed E-state index contributed by atoms with van der Waals surface area (Å²) in [6, 6.07) is 5.91. The van der Waals surface area contributed by atoms with Crippen molar-refractivity contribution in [2.45, 2.75) is 138 Å². The molecule has 3 aromatic carbocycles. The minimum atomic E-state index is -2.52. The van der Waals surface area contributed by atoms with Crippen LogP contribution in [0.2, 0.25) is 0 Å². The molecule has 4 heterocycles. The number of aromatic hydroxyl groups is 2. The van der Waals surface area contributed by atoms with Gasteiger partial charge < -0.3 is 132 Å². The van der Waals surface area contributed by atoms with E-state index >= 15 is 0 Å². The van der Waals surface area contributed by atoms with E-state index in [-0.39, 0.29) is 96.4 Å². The number of nitrogens with one attached hydrogen (secondary N) is 2. The summed E-state index contributed by atoms with van der Waals surface area (Å²) in [6.45, 7) is 7.80. The molecule has 4 amide bonds. The van der Waals surface area contributed by atoms with E-state index in [2.05, 4.69) is 20.9 Å². The van der Waals surface area contributed by atoms with Gasteiger partial charge in [0.25, 0.3) is 11.8 Å². The normalized spacial score (nSPS) is 22.4. The Bertz CT molecular complexity index is 4050. The van der Waals surface area contributed by atoms with Crippen molar-refractivity contribution < 1.29 is 165 Å². The van der Waals surface area contributed by atoms with E-state index < -0.39 is 167 Å². The number of aromatic nitrogens is 3. The number of nitro groups is 1. The molecule has 5 aliphatic rings. The van der Waals surface area contributed by atoms with Crippen LogP contribution < -0.4 is 20.1 Å². The van der Waals surface area contributed by atoms with E-state index in [1.165, 1.54) is 66.2 Å². The van der Waals surface area contributed by atoms with Gasteiger partial charge in [0.1, 0.15) is 60.0 Å². The number of ether oxygens (including phenoxy) is 16. The number of unbranched alkanes of at least 4 members (excludes halogenated alkanes) is 2. The number of hydrogen-bond acceptors (Lipinski definition) is 36. The van der Waals surface area contributed by atoms with Crippen molar-refractivity contribution in [2.75, 3.05) is 159 Å². The van der Waals surface area contributed by atoms with Crippen LogP contribution in [0.15, 0.2) is 54.7 Å². The first-order chi connectivity index (χ1) is 56.8. The molecular formula is C76H101N7O35. The van der Waals surface area contributed by atoms with Gasteiger partial charge in [0, 0.05) is 86.3 Å². The van der Waals surface area contributed by atoms with Crippen LogP contribution in [-0.4, -0.2) is 338 Å². The van der Waals surface area contributed by atoms with Gasteiger partial charge >= 0.3 is 17.7 Å². The van der Waals surface area contributed by atoms with Gasteiger partial charge in [-0.25, -0.2) is 14.3 Å². The highest BCUT2D eigenvalue weighted by Crippen LogP contribution is 2.53. The highest BCUT2D eigenvalue weighted by atomic mass is 16.7. The third kappa shape index (κ3) is 25.6. The number of phenols is 2. The lowest BCUT2D eigenvalue weighted by Gasteiger charge is -2.42. The summed E-state index contributed by atoms with van der Waals surface area (Å²) in [4.78, 5) is 116. The Labute approximate surface area is 675 Å². The topological polar surface area (TPSA) is 567 Å². The smallest absolute Gasteiger partial charge is 0.408 e. The van der Waals surface area contributed by atoms with Crippen molar-refractivity contribution in [1.29, 1.82) is 0 Å². The zero-order chi connectivity index (χ0) is 84.8. The summed E-state index contributed by atoms with van der Waals surface area (Å²) in [7, 11) is 1.25. The molecule has 9 rings (SSSR count). The van der Waals surface area contributed by atoms with Crippen LogP contribution >= 0.6 is 0 Å². The maximum atomic E-state index is 14.3. The van der Waals surface area contributed by atoms with Crippen molar-refractivity contribution in [2.24, 2.45) is 0 Å². The number of fused-ring (bicyclic) bond motifs is 3. The van der Waals surface area contributed by atoms with Crippen LogP contribution in [0.1, 0.15) is 112 Å². The molecule has 0 radical (unpaired) electrons. The molecule has 11 N–H and O–H groups in total. The van der Waals surface area contributed by atoms with E-state index in [1.807, 2.05) is 0 Å². The van der Waals surface area contributed by atoms with Gasteiger partial charge in [-0.15, -0.1) is 5.10 Å². The number of amides is 4. The first-order valence-electron chi connectivity index (χ1n) is 38.4. The third-order valence-corrected chi connectivity index (χ3v) is 19.5. The molecular weight excluding hydrogens is 1570 g/mol. The minimum absolute atomic E-state index is 0.0288. The molecule has 3 aliphatic heterocycles. The fourth-order valence-electron chi connectivity index (χ4n) is 13.4. The number of methoxy groups -OCH3 is 1. The van der Waals surface area contributed by atoms with E-state index in [1.54, 1.807) is 0 Å². The fraction of sp³-hybridized carbons (Fsp3) is 0.605. The molecule has 4 aromatic rings. The van der Waals surface area contributed by atoms with Gasteiger partial charge in [-0.05, 0) is 37.5 Å². The Hall–Kier alpha value is -9.26. The van der Waals surface area contributed by atoms with Crippen molar-refractivity contribution in [3.8, 4) is 23.0 Å². The maximum absolute atomic E-state index is 14.3. The van der Waals surface area contributed by atoms with Crippen LogP contribution in [-0.2, 0) is 110 Å². The molecule has 650 valence electrons. The second-order valence-corrected chi connectivity index (χ2v) is 27.6. The zero-order valence-electron chi connectivity index (χ0n) is 65.0. The average Bonchev–Trinajstić information content (AvgIpc) is 0.781. The van der Waals surface area contributed by atoms with Crippen molar-refractivity contribution in [3.05, 3.63) is 109 Å². The average molecular weight is 1670 g/mol. The number of carbonyl (C=O) groups excluding carboxylic acids is 7. The molecule has 42 nitrogen and oxygen atoms in total. The lowest BCUT2D eigenvalue weighted by molar-refractivity contribution is -0.387. The number of benzene rings is 3. The Morgan fingerprint density at radius 1 is 0.686 bits per heavy atom. The van der Waals surface area contributed by atoms with Gasteiger partial charge in [0.15, 0.2) is 29.7 Å². The van der Waals surface area contributed by atoms with Crippen LogP contribution in [0.5, 0.6) is 23.0 Å². The van der Waals surface area contributed by atoms with Gasteiger partial charge in [0.2, 0.25) is 18.0 Å². The fourth-order valence-corrected chi connectivity index (χ4v) is 13.4. The number of carboxylic acids is 1. The molecule has 2 saturated heterocycles. The third-order valence-electron chi connectivity index (χ3n) is 19.5. The molecule has 1 aromatic heterocycles. The number of ketones is 3. The second-order valence-electron chi connectivity index (χ2n) is 27.6. The molecule has 0 spiro atoms. The number of carbonyl (C=O) groups is 8. The Kier molecular flexibility index (Phi) is 36.4. The number of hydrogen-bond donors (Lipinski definition) is 11. The molecule has 2 aliphatic carbocycles. The summed E-state index contributed by atoms with van der Waals surface area (Å²) >= 11 is 0. The molecule has 2 fully saturated rings. The predicted molar refractivity (Wildman–Crippen MR) is 397 cm³/mol. The quantitative estimate of drug-likeness (QED) is 0.00753. The number of rotatable bonds is 53. The number of aliphatic hydroxyl groups excluding tert-OH is 5. The summed E-state index contributed by atoms with van der Waals surface area (Å²) in [6.07, 6.45) is -15.2. The summed E-state index contributed by atoms with van der Waals surface area (Å²) in [5.41, 5.74) is -5.71. The number of Topliss-reactive ketones (excluding diaryl/α,β-unsaturated/α-hetero) is 1. The van der Waals surface area contributed by atoms with Gasteiger partial charge in [-0.3, -0.25) is 43.8 Å². The number of carboxylic acid groups (broad SMARTS) is 1. The number of aliphatic carboxylic acids is 1. The van der Waals surface area contributed by atoms with Crippen LogP contribution in [0.4, 0.5) is 10.5 Å². The van der Waals surface area contributed by atoms with Crippen LogP contribution in [0.25, 0.3) is 0 Å². The number of aliphatic hydroxyl groups is 6. The van der Waals surface area contributed by atoms with E-state index in [0.717, 1.165) is 18.6 Å². The Balaban J connectivity index is 0.658. The molecule has 0 bridgehead atoms. The van der Waals surface area contributed by atoms with Gasteiger partial charge in [-0.2, -0.15) is 0 Å². The number of alkyl carbamates (subject to hydrolysis) is 1. The SMILES string of the molecule is COc1cccc2c1C(=O)c1c(O)c3c(c(O)c1C2=O)C[C@@](O)(C(=O)CO)C[C@@H]3O[C@H]1C[C@H](NC(=O)OC(Cc2cn(CCOCCOCCOCCOCCOCCOCCOCCOCCOCCOCCNC(=O)CCCCCN3C(=O)C=CC3=O)nn2)c2ccc(O[C@H]3O[C@@H](C(=O)O)[C@H](O)[C@@H](O)[C@@H]3O)c([N+](=O)[O-])c2)[C@H](O)[C@H](C)O1. The number of imide groups is 1. The molecule has 12 atom stereocenters. The largest absolute Gasteiger partial charge is 0.507 e. The van der Waals surface area contributed by atoms with Gasteiger partial charge in [-0.1, -0.05) is 29.8 Å². The minimum Gasteiger partial charge on any atom is -0.507 e.